The molecular formula is C19H23NO3. The smallest absolute Gasteiger partial charge is 0.311 e. The quantitative estimate of drug-likeness (QED) is 0.837. The number of carboxylic acids is 1. The van der Waals surface area contributed by atoms with Crippen LogP contribution in [0.1, 0.15) is 56.4 Å². The van der Waals surface area contributed by atoms with Crippen LogP contribution in [0.3, 0.4) is 0 Å². The Hall–Kier alpha value is -2.10. The Bertz CT molecular complexity index is 697. The third kappa shape index (κ3) is 3.63. The predicted octanol–water partition coefficient (Wildman–Crippen LogP) is 4.27. The van der Waals surface area contributed by atoms with Crippen molar-refractivity contribution in [3.63, 3.8) is 0 Å². The lowest BCUT2D eigenvalue weighted by molar-refractivity contribution is -0.140. The number of ketones is 1. The van der Waals surface area contributed by atoms with Crippen molar-refractivity contribution in [2.24, 2.45) is 5.92 Å². The minimum absolute atomic E-state index is 0.0783. The average Bonchev–Trinajstić information content (AvgIpc) is 2.97. The zero-order valence-electron chi connectivity index (χ0n) is 13.3. The zero-order valence-corrected chi connectivity index (χ0v) is 13.3. The molecule has 3 rings (SSSR count). The molecule has 1 heterocycles. The highest BCUT2D eigenvalue weighted by Crippen LogP contribution is 2.31. The van der Waals surface area contributed by atoms with Gasteiger partial charge >= 0.3 is 5.97 Å². The number of carbonyl (C=O) groups excluding carboxylic acids is 1. The summed E-state index contributed by atoms with van der Waals surface area (Å²) in [5.41, 5.74) is 1.62. The largest absolute Gasteiger partial charge is 0.481 e. The minimum atomic E-state index is -0.924. The number of carboxylic acid groups (broad SMARTS) is 1. The molecule has 1 aromatic heterocycles. The number of hydrogen-bond donors (Lipinski definition) is 2. The highest BCUT2D eigenvalue weighted by Gasteiger charge is 2.27. The summed E-state index contributed by atoms with van der Waals surface area (Å²) in [5.74, 6) is -1.16. The number of aromatic nitrogens is 1. The van der Waals surface area contributed by atoms with E-state index in [1.54, 1.807) is 6.20 Å². The third-order valence-electron chi connectivity index (χ3n) is 4.97. The maximum absolute atomic E-state index is 12.4. The summed E-state index contributed by atoms with van der Waals surface area (Å²) < 4.78 is 0. The second kappa shape index (κ2) is 6.99. The molecule has 1 atom stereocenters. The van der Waals surface area contributed by atoms with Crippen LogP contribution in [0, 0.1) is 5.92 Å². The molecule has 2 N–H and O–H groups in total. The maximum atomic E-state index is 12.4. The van der Waals surface area contributed by atoms with E-state index in [0.29, 0.717) is 17.9 Å². The van der Waals surface area contributed by atoms with Gasteiger partial charge in [-0.2, -0.15) is 0 Å². The fourth-order valence-electron chi connectivity index (χ4n) is 3.74. The molecule has 0 spiro atoms. The third-order valence-corrected chi connectivity index (χ3v) is 4.97. The molecule has 0 bridgehead atoms. The summed E-state index contributed by atoms with van der Waals surface area (Å²) in [6.45, 7) is 0. The molecule has 1 aliphatic carbocycles. The molecule has 122 valence electrons. The van der Waals surface area contributed by atoms with Gasteiger partial charge in [-0.25, -0.2) is 0 Å². The molecule has 2 aromatic rings. The van der Waals surface area contributed by atoms with Gasteiger partial charge in [0.25, 0.3) is 0 Å². The first-order valence-corrected chi connectivity index (χ1v) is 8.45. The Morgan fingerprint density at radius 1 is 1.17 bits per heavy atom. The van der Waals surface area contributed by atoms with Crippen LogP contribution < -0.4 is 0 Å². The molecule has 1 saturated carbocycles. The fraction of sp³-hybridized carbons (Fsp3) is 0.474. The summed E-state index contributed by atoms with van der Waals surface area (Å²) in [4.78, 5) is 27.2. The standard InChI is InChI=1S/C19H23NO3/c21-14(10-13-6-2-1-3-7-13)11-16(19(22)23)17-12-20-18-9-5-4-8-15(17)18/h4-5,8-9,12-13,16,20H,1-3,6-7,10-11H2,(H,22,23). The molecule has 1 aromatic carbocycles. The average molecular weight is 313 g/mol. The number of nitrogens with one attached hydrogen (secondary N) is 1. The van der Waals surface area contributed by atoms with Crippen LogP contribution in [0.15, 0.2) is 30.5 Å². The number of benzene rings is 1. The lowest BCUT2D eigenvalue weighted by Gasteiger charge is -2.21. The van der Waals surface area contributed by atoms with Gasteiger partial charge in [0.2, 0.25) is 0 Å². The van der Waals surface area contributed by atoms with Crippen molar-refractivity contribution in [3.05, 3.63) is 36.0 Å². The Morgan fingerprint density at radius 2 is 1.91 bits per heavy atom. The Balaban J connectivity index is 1.74. The summed E-state index contributed by atoms with van der Waals surface area (Å²) >= 11 is 0. The van der Waals surface area contributed by atoms with Crippen molar-refractivity contribution in [3.8, 4) is 0 Å². The first kappa shape index (κ1) is 15.8. The van der Waals surface area contributed by atoms with Gasteiger partial charge in [-0.05, 0) is 17.5 Å². The molecule has 4 heteroatoms. The van der Waals surface area contributed by atoms with Gasteiger partial charge in [0, 0.05) is 29.9 Å². The highest BCUT2D eigenvalue weighted by atomic mass is 16.4. The molecule has 23 heavy (non-hydrogen) atoms. The van der Waals surface area contributed by atoms with E-state index in [2.05, 4.69) is 4.98 Å². The van der Waals surface area contributed by atoms with Crippen molar-refractivity contribution in [1.29, 1.82) is 0 Å². The van der Waals surface area contributed by atoms with Crippen molar-refractivity contribution in [2.75, 3.05) is 0 Å². The normalized spacial score (nSPS) is 17.2. The molecule has 0 saturated heterocycles. The topological polar surface area (TPSA) is 70.2 Å². The van der Waals surface area contributed by atoms with Gasteiger partial charge in [-0.3, -0.25) is 9.59 Å². The van der Waals surface area contributed by atoms with Gasteiger partial charge in [0.05, 0.1) is 5.92 Å². The number of aliphatic carboxylic acids is 1. The number of Topliss-reactive ketones (excluding diaryl/α,β-unsaturated/α-hetero) is 1. The van der Waals surface area contributed by atoms with Crippen LogP contribution in [0.5, 0.6) is 0 Å². The first-order valence-electron chi connectivity index (χ1n) is 8.45. The highest BCUT2D eigenvalue weighted by molar-refractivity contribution is 5.93. The Kier molecular flexibility index (Phi) is 4.79. The lowest BCUT2D eigenvalue weighted by Crippen LogP contribution is -2.19. The predicted molar refractivity (Wildman–Crippen MR) is 89.5 cm³/mol. The molecule has 1 unspecified atom stereocenters. The second-order valence-electron chi connectivity index (χ2n) is 6.63. The van der Waals surface area contributed by atoms with E-state index in [0.717, 1.165) is 23.7 Å². The van der Waals surface area contributed by atoms with Crippen LogP contribution >= 0.6 is 0 Å². The van der Waals surface area contributed by atoms with Gasteiger partial charge in [0.15, 0.2) is 0 Å². The molecule has 4 nitrogen and oxygen atoms in total. The van der Waals surface area contributed by atoms with E-state index in [1.165, 1.54) is 19.3 Å². The second-order valence-corrected chi connectivity index (χ2v) is 6.63. The number of aromatic amines is 1. The summed E-state index contributed by atoms with van der Waals surface area (Å²) in [5, 5.41) is 10.5. The van der Waals surface area contributed by atoms with Crippen molar-refractivity contribution < 1.29 is 14.7 Å². The number of H-pyrrole nitrogens is 1. The van der Waals surface area contributed by atoms with Gasteiger partial charge < -0.3 is 10.1 Å². The minimum Gasteiger partial charge on any atom is -0.481 e. The molecule has 1 fully saturated rings. The zero-order chi connectivity index (χ0) is 16.2. The fourth-order valence-corrected chi connectivity index (χ4v) is 3.74. The van der Waals surface area contributed by atoms with Crippen molar-refractivity contribution in [1.82, 2.24) is 4.98 Å². The van der Waals surface area contributed by atoms with Crippen LogP contribution in [0.2, 0.25) is 0 Å². The number of carbonyl (C=O) groups is 2. The SMILES string of the molecule is O=C(CC1CCCCC1)CC(C(=O)O)c1c[nH]c2ccccc12. The van der Waals surface area contributed by atoms with E-state index in [-0.39, 0.29) is 12.2 Å². The molecule has 0 radical (unpaired) electrons. The van der Waals surface area contributed by atoms with Crippen LogP contribution in [-0.2, 0) is 9.59 Å². The molecule has 0 aliphatic heterocycles. The van der Waals surface area contributed by atoms with Crippen LogP contribution in [-0.4, -0.2) is 21.8 Å². The Morgan fingerprint density at radius 3 is 2.65 bits per heavy atom. The van der Waals surface area contributed by atoms with Gasteiger partial charge in [0.1, 0.15) is 5.78 Å². The summed E-state index contributed by atoms with van der Waals surface area (Å²) in [6, 6.07) is 7.62. The summed E-state index contributed by atoms with van der Waals surface area (Å²) in [7, 11) is 0. The summed E-state index contributed by atoms with van der Waals surface area (Å²) in [6.07, 6.45) is 8.23. The molecular weight excluding hydrogens is 290 g/mol. The number of para-hydroxylation sites is 1. The molecule has 1 aliphatic rings. The Labute approximate surface area is 135 Å². The van der Waals surface area contributed by atoms with E-state index in [9.17, 15) is 14.7 Å². The van der Waals surface area contributed by atoms with Gasteiger partial charge in [-0.15, -0.1) is 0 Å². The lowest BCUT2D eigenvalue weighted by atomic mass is 9.83. The van der Waals surface area contributed by atoms with Crippen LogP contribution in [0.4, 0.5) is 0 Å². The van der Waals surface area contributed by atoms with E-state index in [4.69, 9.17) is 0 Å². The van der Waals surface area contributed by atoms with Gasteiger partial charge in [-0.1, -0.05) is 50.3 Å². The van der Waals surface area contributed by atoms with Crippen molar-refractivity contribution >= 4 is 22.7 Å². The maximum Gasteiger partial charge on any atom is 0.311 e. The van der Waals surface area contributed by atoms with E-state index >= 15 is 0 Å². The number of rotatable bonds is 6. The molecule has 0 amide bonds. The monoisotopic (exact) mass is 313 g/mol. The van der Waals surface area contributed by atoms with Crippen LogP contribution in [0.25, 0.3) is 10.9 Å². The van der Waals surface area contributed by atoms with E-state index < -0.39 is 11.9 Å². The number of fused-ring (bicyclic) bond motifs is 1. The number of hydrogen-bond acceptors (Lipinski definition) is 2. The van der Waals surface area contributed by atoms with Crippen molar-refractivity contribution in [2.45, 2.75) is 50.9 Å². The van der Waals surface area contributed by atoms with E-state index in [1.807, 2.05) is 24.3 Å². The first-order chi connectivity index (χ1) is 11.1.